The van der Waals surface area contributed by atoms with E-state index in [4.69, 9.17) is 4.98 Å². The normalized spacial score (nSPS) is 16.2. The topological polar surface area (TPSA) is 87.5 Å². The van der Waals surface area contributed by atoms with Crippen LogP contribution < -0.4 is 10.9 Å². The van der Waals surface area contributed by atoms with E-state index in [1.165, 1.54) is 18.6 Å². The summed E-state index contributed by atoms with van der Waals surface area (Å²) in [6.45, 7) is 1.43. The summed E-state index contributed by atoms with van der Waals surface area (Å²) in [5.74, 6) is -0.398. The maximum atomic E-state index is 13.7. The van der Waals surface area contributed by atoms with Crippen LogP contribution in [0.1, 0.15) is 48.6 Å². The van der Waals surface area contributed by atoms with Crippen LogP contribution in [0.3, 0.4) is 0 Å². The number of para-hydroxylation sites is 1. The lowest BCUT2D eigenvalue weighted by atomic mass is 10.0. The van der Waals surface area contributed by atoms with Gasteiger partial charge >= 0.3 is 0 Å². The molecule has 0 spiro atoms. The fraction of sp³-hybridized carbons (Fsp3) is 0.393. The maximum absolute atomic E-state index is 13.7. The lowest BCUT2D eigenvalue weighted by Gasteiger charge is -2.30. The highest BCUT2D eigenvalue weighted by molar-refractivity contribution is 7.99. The SMILES string of the molecule is O=C(CCNC[C@H](O)c1ccc(F)cc1)N1CCc2nc(SC3CCC3)n(-c3ccccc3)c(=O)c2C1. The maximum Gasteiger partial charge on any atom is 0.264 e. The summed E-state index contributed by atoms with van der Waals surface area (Å²) >= 11 is 1.68. The Bertz CT molecular complexity index is 1300. The van der Waals surface area contributed by atoms with Crippen molar-refractivity contribution in [3.8, 4) is 5.69 Å². The molecule has 5 rings (SSSR count). The molecule has 194 valence electrons. The lowest BCUT2D eigenvalue weighted by molar-refractivity contribution is -0.132. The number of rotatable bonds is 9. The molecule has 0 saturated heterocycles. The number of hydrogen-bond acceptors (Lipinski definition) is 6. The number of carbonyl (C=O) groups is 1. The average molecular weight is 523 g/mol. The van der Waals surface area contributed by atoms with Crippen LogP contribution in [0.4, 0.5) is 4.39 Å². The third-order valence-electron chi connectivity index (χ3n) is 7.00. The predicted molar refractivity (Wildman–Crippen MR) is 141 cm³/mol. The summed E-state index contributed by atoms with van der Waals surface area (Å²) < 4.78 is 14.8. The van der Waals surface area contributed by atoms with E-state index >= 15 is 0 Å². The number of nitrogens with one attached hydrogen (secondary N) is 1. The van der Waals surface area contributed by atoms with Crippen LogP contribution in [0.5, 0.6) is 0 Å². The molecule has 2 aliphatic rings. The Morgan fingerprint density at radius 1 is 1.16 bits per heavy atom. The summed E-state index contributed by atoms with van der Waals surface area (Å²) in [5, 5.41) is 14.6. The first-order valence-electron chi connectivity index (χ1n) is 12.8. The summed E-state index contributed by atoms with van der Waals surface area (Å²) in [6.07, 6.45) is 3.53. The molecule has 1 atom stereocenters. The smallest absolute Gasteiger partial charge is 0.264 e. The van der Waals surface area contributed by atoms with Crippen molar-refractivity contribution in [1.29, 1.82) is 0 Å². The van der Waals surface area contributed by atoms with Crippen molar-refractivity contribution in [2.45, 2.75) is 55.2 Å². The molecule has 1 aliphatic heterocycles. The second-order valence-corrected chi connectivity index (χ2v) is 10.8. The monoisotopic (exact) mass is 522 g/mol. The molecule has 1 fully saturated rings. The van der Waals surface area contributed by atoms with Crippen LogP contribution in [-0.4, -0.2) is 50.3 Å². The number of aromatic nitrogens is 2. The van der Waals surface area contributed by atoms with Crippen molar-refractivity contribution in [3.63, 3.8) is 0 Å². The number of hydrogen-bond donors (Lipinski definition) is 2. The van der Waals surface area contributed by atoms with Crippen molar-refractivity contribution < 1.29 is 14.3 Å². The Kier molecular flexibility index (Phi) is 8.02. The molecule has 7 nitrogen and oxygen atoms in total. The summed E-state index contributed by atoms with van der Waals surface area (Å²) in [7, 11) is 0. The van der Waals surface area contributed by atoms with E-state index in [9.17, 15) is 19.1 Å². The molecule has 37 heavy (non-hydrogen) atoms. The zero-order chi connectivity index (χ0) is 25.8. The van der Waals surface area contributed by atoms with E-state index < -0.39 is 6.10 Å². The van der Waals surface area contributed by atoms with E-state index in [2.05, 4.69) is 5.32 Å². The Morgan fingerprint density at radius 2 is 1.92 bits per heavy atom. The first-order chi connectivity index (χ1) is 18.0. The first-order valence-corrected chi connectivity index (χ1v) is 13.7. The highest BCUT2D eigenvalue weighted by Gasteiger charge is 2.28. The van der Waals surface area contributed by atoms with Gasteiger partial charge in [-0.3, -0.25) is 14.2 Å². The largest absolute Gasteiger partial charge is 0.387 e. The number of thioether (sulfide) groups is 1. The van der Waals surface area contributed by atoms with Gasteiger partial charge in [0.25, 0.3) is 5.56 Å². The molecular formula is C28H31FN4O3S. The van der Waals surface area contributed by atoms with Gasteiger partial charge in [0.2, 0.25) is 5.91 Å². The van der Waals surface area contributed by atoms with Crippen LogP contribution in [0, 0.1) is 5.82 Å². The van der Waals surface area contributed by atoms with Gasteiger partial charge in [-0.05, 0) is 42.7 Å². The minimum absolute atomic E-state index is 0.0481. The van der Waals surface area contributed by atoms with E-state index in [-0.39, 0.29) is 36.8 Å². The number of benzene rings is 2. The van der Waals surface area contributed by atoms with Gasteiger partial charge in [0.1, 0.15) is 5.82 Å². The minimum atomic E-state index is -0.785. The van der Waals surface area contributed by atoms with Gasteiger partial charge in [-0.2, -0.15) is 0 Å². The van der Waals surface area contributed by atoms with Crippen molar-refractivity contribution >= 4 is 17.7 Å². The number of aliphatic hydroxyl groups excluding tert-OH is 1. The number of halogens is 1. The van der Waals surface area contributed by atoms with Gasteiger partial charge in [0.05, 0.1) is 29.6 Å². The number of carbonyl (C=O) groups excluding carboxylic acids is 1. The minimum Gasteiger partial charge on any atom is -0.387 e. The third kappa shape index (κ3) is 5.95. The molecule has 1 aliphatic carbocycles. The summed E-state index contributed by atoms with van der Waals surface area (Å²) in [6, 6.07) is 15.3. The Balaban J connectivity index is 1.24. The van der Waals surface area contributed by atoms with Crippen LogP contribution in [0.15, 0.2) is 64.5 Å². The molecule has 2 heterocycles. The van der Waals surface area contributed by atoms with Gasteiger partial charge < -0.3 is 15.3 Å². The Morgan fingerprint density at radius 3 is 2.62 bits per heavy atom. The quantitative estimate of drug-likeness (QED) is 0.330. The Hall–Kier alpha value is -3.01. The number of fused-ring (bicyclic) bond motifs is 1. The fourth-order valence-corrected chi connectivity index (χ4v) is 5.91. The predicted octanol–water partition coefficient (Wildman–Crippen LogP) is 3.61. The zero-order valence-electron chi connectivity index (χ0n) is 20.6. The summed E-state index contributed by atoms with van der Waals surface area (Å²) in [4.78, 5) is 33.3. The van der Waals surface area contributed by atoms with E-state index in [1.54, 1.807) is 33.4 Å². The molecule has 2 aromatic carbocycles. The standard InChI is InChI=1S/C28H31FN4O3S/c29-20-11-9-19(10-12-20)25(34)17-30-15-13-26(35)32-16-14-24-23(18-32)27(36)33(21-5-2-1-3-6-21)28(31-24)37-22-7-4-8-22/h1-3,5-6,9-12,22,25,30,34H,4,7-8,13-18H2/t25-/m0/s1. The van der Waals surface area contributed by atoms with Gasteiger partial charge in [-0.1, -0.05) is 48.5 Å². The van der Waals surface area contributed by atoms with Crippen LogP contribution >= 0.6 is 11.8 Å². The van der Waals surface area contributed by atoms with Crippen molar-refractivity contribution in [2.75, 3.05) is 19.6 Å². The van der Waals surface area contributed by atoms with Crippen molar-refractivity contribution in [2.24, 2.45) is 0 Å². The van der Waals surface area contributed by atoms with Gasteiger partial charge in [-0.25, -0.2) is 9.37 Å². The van der Waals surface area contributed by atoms with Gasteiger partial charge in [-0.15, -0.1) is 0 Å². The van der Waals surface area contributed by atoms with Crippen molar-refractivity contribution in [3.05, 3.63) is 87.6 Å². The van der Waals surface area contributed by atoms with Crippen molar-refractivity contribution in [1.82, 2.24) is 19.8 Å². The molecule has 3 aromatic rings. The van der Waals surface area contributed by atoms with E-state index in [0.29, 0.717) is 35.9 Å². The number of amides is 1. The molecule has 0 radical (unpaired) electrons. The third-order valence-corrected chi connectivity index (χ3v) is 8.29. The fourth-order valence-electron chi connectivity index (χ4n) is 4.58. The average Bonchev–Trinajstić information content (AvgIpc) is 2.89. The van der Waals surface area contributed by atoms with Gasteiger partial charge in [0, 0.05) is 37.7 Å². The van der Waals surface area contributed by atoms with Gasteiger partial charge in [0.15, 0.2) is 5.16 Å². The molecule has 0 bridgehead atoms. The molecule has 1 saturated carbocycles. The molecule has 1 aromatic heterocycles. The lowest BCUT2D eigenvalue weighted by Crippen LogP contribution is -2.42. The number of nitrogens with zero attached hydrogens (tertiary/aromatic N) is 3. The molecule has 2 N–H and O–H groups in total. The second-order valence-electron chi connectivity index (χ2n) is 9.55. The number of aliphatic hydroxyl groups is 1. The van der Waals surface area contributed by atoms with E-state index in [1.807, 2.05) is 30.3 Å². The highest BCUT2D eigenvalue weighted by atomic mass is 32.2. The zero-order valence-corrected chi connectivity index (χ0v) is 21.4. The Labute approximate surface area is 219 Å². The molecule has 9 heteroatoms. The van der Waals surface area contributed by atoms with Crippen LogP contribution in [0.2, 0.25) is 0 Å². The van der Waals surface area contributed by atoms with E-state index in [0.717, 1.165) is 29.4 Å². The highest BCUT2D eigenvalue weighted by Crippen LogP contribution is 2.36. The summed E-state index contributed by atoms with van der Waals surface area (Å²) in [5.41, 5.74) is 2.68. The molecule has 1 amide bonds. The van der Waals surface area contributed by atoms with Crippen LogP contribution in [0.25, 0.3) is 5.69 Å². The first kappa shape index (κ1) is 25.6. The van der Waals surface area contributed by atoms with Crippen LogP contribution in [-0.2, 0) is 17.8 Å². The second kappa shape index (κ2) is 11.6. The molecular weight excluding hydrogens is 491 g/mol. The molecule has 0 unspecified atom stereocenters.